The Balaban J connectivity index is 1.59. The van der Waals surface area contributed by atoms with Crippen molar-refractivity contribution in [2.24, 2.45) is 5.10 Å². The molecule has 0 saturated heterocycles. The van der Waals surface area contributed by atoms with Crippen molar-refractivity contribution in [3.63, 3.8) is 0 Å². The molecule has 0 heterocycles. The van der Waals surface area contributed by atoms with E-state index in [9.17, 15) is 14.9 Å². The quantitative estimate of drug-likeness (QED) is 0.306. The zero-order valence-corrected chi connectivity index (χ0v) is 16.6. The van der Waals surface area contributed by atoms with Crippen LogP contribution in [0.3, 0.4) is 0 Å². The highest BCUT2D eigenvalue weighted by atomic mass is 16.6. The molecule has 0 aliphatic rings. The minimum absolute atomic E-state index is 0.0281. The predicted octanol–water partition coefficient (Wildman–Crippen LogP) is 4.07. The zero-order valence-electron chi connectivity index (χ0n) is 16.6. The second-order valence-corrected chi connectivity index (χ2v) is 6.29. The van der Waals surface area contributed by atoms with Crippen LogP contribution in [0.4, 0.5) is 17.1 Å². The van der Waals surface area contributed by atoms with E-state index in [0.29, 0.717) is 28.4 Å². The van der Waals surface area contributed by atoms with Gasteiger partial charge in [0.15, 0.2) is 18.1 Å². The Labute approximate surface area is 178 Å². The van der Waals surface area contributed by atoms with Gasteiger partial charge in [-0.3, -0.25) is 20.3 Å². The number of methoxy groups -OCH3 is 1. The highest BCUT2D eigenvalue weighted by Gasteiger charge is 2.09. The van der Waals surface area contributed by atoms with Crippen LogP contribution < -0.4 is 20.2 Å². The number of para-hydroxylation sites is 1. The van der Waals surface area contributed by atoms with E-state index in [1.165, 1.54) is 25.5 Å². The van der Waals surface area contributed by atoms with Crippen molar-refractivity contribution in [2.45, 2.75) is 0 Å². The molecule has 3 aromatic carbocycles. The number of hydrogen-bond donors (Lipinski definition) is 2. The summed E-state index contributed by atoms with van der Waals surface area (Å²) in [5.74, 6) is 0.557. The molecule has 2 N–H and O–H groups in total. The average molecular weight is 420 g/mol. The number of amides is 1. The largest absolute Gasteiger partial charge is 0.493 e. The Bertz CT molecular complexity index is 1090. The van der Waals surface area contributed by atoms with Crippen LogP contribution in [0.25, 0.3) is 0 Å². The SMILES string of the molecule is COc1cc(C=NNc2cccc([N+](=O)[O-])c2)ccc1OCC(=O)Nc1ccccc1. The lowest BCUT2D eigenvalue weighted by Gasteiger charge is -2.11. The van der Waals surface area contributed by atoms with Crippen LogP contribution in [0.5, 0.6) is 11.5 Å². The van der Waals surface area contributed by atoms with Gasteiger partial charge in [0.1, 0.15) is 0 Å². The molecule has 0 fully saturated rings. The first kappa shape index (κ1) is 21.3. The van der Waals surface area contributed by atoms with Gasteiger partial charge in [-0.2, -0.15) is 5.10 Å². The molecule has 0 saturated carbocycles. The lowest BCUT2D eigenvalue weighted by Crippen LogP contribution is -2.20. The van der Waals surface area contributed by atoms with Crippen LogP contribution in [-0.2, 0) is 4.79 Å². The number of ether oxygens (including phenoxy) is 2. The van der Waals surface area contributed by atoms with Crippen LogP contribution in [0.15, 0.2) is 77.9 Å². The van der Waals surface area contributed by atoms with Gasteiger partial charge in [0, 0.05) is 17.8 Å². The predicted molar refractivity (Wildman–Crippen MR) is 118 cm³/mol. The summed E-state index contributed by atoms with van der Waals surface area (Å²) in [7, 11) is 1.49. The van der Waals surface area contributed by atoms with Gasteiger partial charge in [0.2, 0.25) is 0 Å². The highest BCUT2D eigenvalue weighted by Crippen LogP contribution is 2.27. The molecule has 0 spiro atoms. The standard InChI is InChI=1S/C22H20N4O5/c1-30-21-12-16(14-23-25-18-8-5-9-19(13-18)26(28)29)10-11-20(21)31-15-22(27)24-17-6-3-2-4-7-17/h2-14,25H,15H2,1H3,(H,24,27). The molecule has 0 aliphatic heterocycles. The molecular weight excluding hydrogens is 400 g/mol. The molecule has 158 valence electrons. The summed E-state index contributed by atoms with van der Waals surface area (Å²) in [6.07, 6.45) is 1.53. The molecule has 3 aromatic rings. The van der Waals surface area contributed by atoms with Gasteiger partial charge in [0.25, 0.3) is 11.6 Å². The smallest absolute Gasteiger partial charge is 0.271 e. The third kappa shape index (κ3) is 6.29. The van der Waals surface area contributed by atoms with Crippen LogP contribution in [0, 0.1) is 10.1 Å². The van der Waals surface area contributed by atoms with E-state index in [4.69, 9.17) is 9.47 Å². The van der Waals surface area contributed by atoms with Crippen LogP contribution in [0.1, 0.15) is 5.56 Å². The van der Waals surface area contributed by atoms with Gasteiger partial charge in [-0.25, -0.2) is 0 Å². The van der Waals surface area contributed by atoms with Crippen molar-refractivity contribution >= 4 is 29.2 Å². The van der Waals surface area contributed by atoms with E-state index in [0.717, 1.165) is 0 Å². The number of benzene rings is 3. The number of hydrogen-bond acceptors (Lipinski definition) is 7. The summed E-state index contributed by atoms with van der Waals surface area (Å²) in [6.45, 7) is -0.174. The summed E-state index contributed by atoms with van der Waals surface area (Å²) < 4.78 is 10.9. The average Bonchev–Trinajstić information content (AvgIpc) is 2.79. The molecular formula is C22H20N4O5. The molecule has 3 rings (SSSR count). The van der Waals surface area contributed by atoms with Crippen molar-refractivity contribution < 1.29 is 19.2 Å². The third-order valence-electron chi connectivity index (χ3n) is 4.07. The molecule has 9 heteroatoms. The van der Waals surface area contributed by atoms with E-state index >= 15 is 0 Å². The van der Waals surface area contributed by atoms with Gasteiger partial charge in [-0.1, -0.05) is 24.3 Å². The van der Waals surface area contributed by atoms with Crippen molar-refractivity contribution in [3.05, 3.63) is 88.5 Å². The Morgan fingerprint density at radius 2 is 1.81 bits per heavy atom. The molecule has 9 nitrogen and oxygen atoms in total. The van der Waals surface area contributed by atoms with Crippen molar-refractivity contribution in [1.29, 1.82) is 0 Å². The van der Waals surface area contributed by atoms with Crippen LogP contribution in [0.2, 0.25) is 0 Å². The second kappa shape index (κ2) is 10.4. The lowest BCUT2D eigenvalue weighted by atomic mass is 10.2. The fourth-order valence-corrected chi connectivity index (χ4v) is 2.62. The van der Waals surface area contributed by atoms with Gasteiger partial charge in [-0.05, 0) is 42.0 Å². The molecule has 0 radical (unpaired) electrons. The number of nitro benzene ring substituents is 1. The van der Waals surface area contributed by atoms with E-state index in [-0.39, 0.29) is 18.2 Å². The summed E-state index contributed by atoms with van der Waals surface area (Å²) in [5, 5.41) is 17.6. The first-order valence-corrected chi connectivity index (χ1v) is 9.24. The van der Waals surface area contributed by atoms with Gasteiger partial charge in [0.05, 0.1) is 23.9 Å². The molecule has 0 aliphatic carbocycles. The van der Waals surface area contributed by atoms with Crippen LogP contribution in [-0.4, -0.2) is 30.8 Å². The molecule has 0 atom stereocenters. The summed E-state index contributed by atoms with van der Waals surface area (Å²) in [4.78, 5) is 22.4. The van der Waals surface area contributed by atoms with Gasteiger partial charge < -0.3 is 14.8 Å². The number of hydrazone groups is 1. The number of rotatable bonds is 9. The maximum absolute atomic E-state index is 12.0. The van der Waals surface area contributed by atoms with Gasteiger partial charge in [-0.15, -0.1) is 0 Å². The number of carbonyl (C=O) groups excluding carboxylic acids is 1. The maximum atomic E-state index is 12.0. The lowest BCUT2D eigenvalue weighted by molar-refractivity contribution is -0.384. The van der Waals surface area contributed by atoms with Crippen molar-refractivity contribution in [3.8, 4) is 11.5 Å². The van der Waals surface area contributed by atoms with Crippen molar-refractivity contribution in [1.82, 2.24) is 0 Å². The normalized spacial score (nSPS) is 10.5. The monoisotopic (exact) mass is 420 g/mol. The topological polar surface area (TPSA) is 115 Å². The molecule has 0 unspecified atom stereocenters. The molecule has 0 bridgehead atoms. The number of anilines is 2. The summed E-state index contributed by atoms with van der Waals surface area (Å²) in [6, 6.07) is 20.2. The van der Waals surface area contributed by atoms with E-state index in [1.54, 1.807) is 42.5 Å². The molecule has 0 aromatic heterocycles. The Hall–Kier alpha value is -4.40. The second-order valence-electron chi connectivity index (χ2n) is 6.29. The Morgan fingerprint density at radius 1 is 1.03 bits per heavy atom. The Morgan fingerprint density at radius 3 is 2.55 bits per heavy atom. The highest BCUT2D eigenvalue weighted by molar-refractivity contribution is 5.91. The number of carbonyl (C=O) groups is 1. The number of nitrogens with one attached hydrogen (secondary N) is 2. The molecule has 31 heavy (non-hydrogen) atoms. The fourth-order valence-electron chi connectivity index (χ4n) is 2.62. The molecule has 1 amide bonds. The third-order valence-corrected chi connectivity index (χ3v) is 4.07. The number of non-ortho nitro benzene ring substituents is 1. The van der Waals surface area contributed by atoms with E-state index in [2.05, 4.69) is 15.8 Å². The van der Waals surface area contributed by atoms with E-state index in [1.807, 2.05) is 18.2 Å². The zero-order chi connectivity index (χ0) is 22.1. The first-order chi connectivity index (χ1) is 15.0. The fraction of sp³-hybridized carbons (Fsp3) is 0.0909. The minimum Gasteiger partial charge on any atom is -0.493 e. The Kier molecular flexibility index (Phi) is 7.15. The van der Waals surface area contributed by atoms with E-state index < -0.39 is 4.92 Å². The number of nitrogens with zero attached hydrogens (tertiary/aromatic N) is 2. The maximum Gasteiger partial charge on any atom is 0.271 e. The first-order valence-electron chi connectivity index (χ1n) is 9.24. The summed E-state index contributed by atoms with van der Waals surface area (Å²) >= 11 is 0. The van der Waals surface area contributed by atoms with Gasteiger partial charge >= 0.3 is 0 Å². The van der Waals surface area contributed by atoms with Crippen LogP contribution >= 0.6 is 0 Å². The minimum atomic E-state index is -0.474. The number of nitro groups is 1. The summed E-state index contributed by atoms with van der Waals surface area (Å²) in [5.41, 5.74) is 4.59. The van der Waals surface area contributed by atoms with Crippen molar-refractivity contribution in [2.75, 3.05) is 24.5 Å².